The molecule has 5 nitrogen and oxygen atoms in total. The monoisotopic (exact) mass is 433 g/mol. The lowest BCUT2D eigenvalue weighted by atomic mass is 9.72. The number of urea groups is 1. The number of benzene rings is 3. The Morgan fingerprint density at radius 1 is 1.00 bits per heavy atom. The van der Waals surface area contributed by atoms with Gasteiger partial charge in [0.2, 0.25) is 0 Å². The van der Waals surface area contributed by atoms with E-state index in [0.717, 1.165) is 17.8 Å². The van der Waals surface area contributed by atoms with Crippen LogP contribution in [-0.4, -0.2) is 41.3 Å². The number of carbonyl (C=O) groups is 1. The fraction of sp³-hybridized carbons (Fsp3) is 0.240. The number of hydrogen-bond donors (Lipinski definition) is 2. The SMILES string of the molecule is O=C(Nc1ccccc1Cl)N1C[C@H]2[C@@H](c3ccccc31)[C@@H](CO)N2Cc1ccccc1. The second kappa shape index (κ2) is 8.35. The molecule has 0 saturated carbocycles. The first-order chi connectivity index (χ1) is 15.2. The molecule has 3 atom stereocenters. The number of halogens is 1. The number of amides is 2. The van der Waals surface area contributed by atoms with Crippen LogP contribution in [0.1, 0.15) is 17.0 Å². The van der Waals surface area contributed by atoms with E-state index in [0.29, 0.717) is 17.3 Å². The summed E-state index contributed by atoms with van der Waals surface area (Å²) in [6.45, 7) is 1.39. The van der Waals surface area contributed by atoms with Gasteiger partial charge in [-0.25, -0.2) is 4.79 Å². The molecule has 2 aliphatic heterocycles. The topological polar surface area (TPSA) is 55.8 Å². The number of rotatable bonds is 4. The molecule has 158 valence electrons. The van der Waals surface area contributed by atoms with Crippen molar-refractivity contribution < 1.29 is 9.90 Å². The molecule has 0 bridgehead atoms. The number of anilines is 2. The van der Waals surface area contributed by atoms with Gasteiger partial charge in [-0.05, 0) is 29.3 Å². The van der Waals surface area contributed by atoms with Gasteiger partial charge in [-0.15, -0.1) is 0 Å². The van der Waals surface area contributed by atoms with Crippen LogP contribution >= 0.6 is 11.6 Å². The minimum atomic E-state index is -0.203. The van der Waals surface area contributed by atoms with Crippen molar-refractivity contribution in [3.05, 3.63) is 95.0 Å². The lowest BCUT2D eigenvalue weighted by molar-refractivity contribution is -0.0484. The highest BCUT2D eigenvalue weighted by Gasteiger charge is 2.53. The van der Waals surface area contributed by atoms with Gasteiger partial charge in [0, 0.05) is 36.8 Å². The van der Waals surface area contributed by atoms with Crippen LogP contribution in [0.3, 0.4) is 0 Å². The molecule has 2 N–H and O–H groups in total. The normalized spacial score (nSPS) is 22.3. The molecule has 0 aromatic heterocycles. The minimum absolute atomic E-state index is 0.0418. The molecular weight excluding hydrogens is 410 g/mol. The zero-order valence-electron chi connectivity index (χ0n) is 17.0. The van der Waals surface area contributed by atoms with E-state index in [4.69, 9.17) is 11.6 Å². The Kier molecular flexibility index (Phi) is 5.40. The van der Waals surface area contributed by atoms with E-state index < -0.39 is 0 Å². The van der Waals surface area contributed by atoms with Gasteiger partial charge in [-0.2, -0.15) is 0 Å². The summed E-state index contributed by atoms with van der Waals surface area (Å²) < 4.78 is 0. The molecule has 0 radical (unpaired) electrons. The van der Waals surface area contributed by atoms with Gasteiger partial charge in [0.15, 0.2) is 0 Å². The van der Waals surface area contributed by atoms with Gasteiger partial charge in [0.05, 0.1) is 17.3 Å². The maximum Gasteiger partial charge on any atom is 0.326 e. The maximum absolute atomic E-state index is 13.3. The largest absolute Gasteiger partial charge is 0.395 e. The predicted octanol–water partition coefficient (Wildman–Crippen LogP) is 4.72. The molecule has 3 aromatic carbocycles. The lowest BCUT2D eigenvalue weighted by Gasteiger charge is -2.59. The fourth-order valence-corrected chi connectivity index (χ4v) is 5.11. The molecule has 2 aliphatic rings. The summed E-state index contributed by atoms with van der Waals surface area (Å²) in [6, 6.07) is 25.5. The van der Waals surface area contributed by atoms with E-state index in [-0.39, 0.29) is 30.6 Å². The third-order valence-corrected chi connectivity index (χ3v) is 6.72. The Balaban J connectivity index is 1.45. The van der Waals surface area contributed by atoms with Gasteiger partial charge in [-0.1, -0.05) is 72.3 Å². The van der Waals surface area contributed by atoms with Crippen LogP contribution in [-0.2, 0) is 6.54 Å². The number of carbonyl (C=O) groups excluding carboxylic acids is 1. The average molecular weight is 434 g/mol. The van der Waals surface area contributed by atoms with E-state index in [2.05, 4.69) is 28.4 Å². The minimum Gasteiger partial charge on any atom is -0.395 e. The molecule has 31 heavy (non-hydrogen) atoms. The first-order valence-electron chi connectivity index (χ1n) is 10.5. The highest BCUT2D eigenvalue weighted by atomic mass is 35.5. The van der Waals surface area contributed by atoms with Gasteiger partial charge >= 0.3 is 6.03 Å². The number of fused-ring (bicyclic) bond motifs is 3. The molecule has 6 heteroatoms. The molecule has 0 unspecified atom stereocenters. The molecule has 1 fully saturated rings. The quantitative estimate of drug-likeness (QED) is 0.625. The molecule has 3 aromatic rings. The highest BCUT2D eigenvalue weighted by molar-refractivity contribution is 6.33. The number of nitrogens with zero attached hydrogens (tertiary/aromatic N) is 2. The third-order valence-electron chi connectivity index (χ3n) is 6.39. The molecule has 0 aliphatic carbocycles. The van der Waals surface area contributed by atoms with E-state index >= 15 is 0 Å². The van der Waals surface area contributed by atoms with Gasteiger partial charge in [0.25, 0.3) is 0 Å². The standard InChI is InChI=1S/C25H24ClN3O2/c26-19-11-5-6-12-20(19)27-25(31)29-15-22-24(18-10-4-7-13-21(18)29)23(16-30)28(22)14-17-8-2-1-3-9-17/h1-13,22-24,30H,14-16H2,(H,27,31)/t22-,23+,24+/m0/s1. The summed E-state index contributed by atoms with van der Waals surface area (Å²) in [4.78, 5) is 17.4. The molecule has 2 amide bonds. The van der Waals surface area contributed by atoms with E-state index in [9.17, 15) is 9.90 Å². The number of hydrogen-bond acceptors (Lipinski definition) is 3. The molecule has 2 heterocycles. The van der Waals surface area contributed by atoms with Crippen LogP contribution in [0.4, 0.5) is 16.2 Å². The smallest absolute Gasteiger partial charge is 0.326 e. The molecule has 5 rings (SSSR count). The third kappa shape index (κ3) is 3.59. The summed E-state index contributed by atoms with van der Waals surface area (Å²) in [5.74, 6) is 0.203. The van der Waals surface area contributed by atoms with Crippen molar-refractivity contribution in [1.82, 2.24) is 4.90 Å². The molecular formula is C25H24ClN3O2. The van der Waals surface area contributed by atoms with E-state index in [1.54, 1.807) is 17.0 Å². The summed E-state index contributed by atoms with van der Waals surface area (Å²) in [6.07, 6.45) is 0. The average Bonchev–Trinajstić information content (AvgIpc) is 2.79. The predicted molar refractivity (Wildman–Crippen MR) is 124 cm³/mol. The van der Waals surface area contributed by atoms with Crippen molar-refractivity contribution in [2.75, 3.05) is 23.4 Å². The first kappa shape index (κ1) is 20.1. The molecule has 0 spiro atoms. The Bertz CT molecular complexity index is 1090. The summed E-state index contributed by atoms with van der Waals surface area (Å²) in [7, 11) is 0. The number of likely N-dealkylation sites (tertiary alicyclic amines) is 1. The van der Waals surface area contributed by atoms with Crippen LogP contribution in [0.5, 0.6) is 0 Å². The van der Waals surface area contributed by atoms with Crippen LogP contribution < -0.4 is 10.2 Å². The van der Waals surface area contributed by atoms with Crippen molar-refractivity contribution >= 4 is 29.0 Å². The van der Waals surface area contributed by atoms with Crippen molar-refractivity contribution in [1.29, 1.82) is 0 Å². The summed E-state index contributed by atoms with van der Waals surface area (Å²) in [5, 5.41) is 13.6. The van der Waals surface area contributed by atoms with Crippen LogP contribution in [0.2, 0.25) is 5.02 Å². The Labute approximate surface area is 186 Å². The number of para-hydroxylation sites is 2. The summed E-state index contributed by atoms with van der Waals surface area (Å²) >= 11 is 6.25. The van der Waals surface area contributed by atoms with E-state index in [1.165, 1.54) is 5.56 Å². The number of nitrogens with one attached hydrogen (secondary N) is 1. The Morgan fingerprint density at radius 2 is 1.71 bits per heavy atom. The highest BCUT2D eigenvalue weighted by Crippen LogP contribution is 2.48. The van der Waals surface area contributed by atoms with Crippen LogP contribution in [0.25, 0.3) is 0 Å². The Morgan fingerprint density at radius 3 is 2.48 bits per heavy atom. The van der Waals surface area contributed by atoms with Gasteiger partial charge < -0.3 is 10.4 Å². The zero-order valence-corrected chi connectivity index (χ0v) is 17.7. The number of aliphatic hydroxyl groups is 1. The van der Waals surface area contributed by atoms with Crippen molar-refractivity contribution in [3.8, 4) is 0 Å². The lowest BCUT2D eigenvalue weighted by Crippen LogP contribution is -2.69. The van der Waals surface area contributed by atoms with E-state index in [1.807, 2.05) is 48.5 Å². The zero-order chi connectivity index (χ0) is 21.4. The van der Waals surface area contributed by atoms with Crippen molar-refractivity contribution in [3.63, 3.8) is 0 Å². The molecule has 1 saturated heterocycles. The van der Waals surface area contributed by atoms with Gasteiger partial charge in [-0.3, -0.25) is 9.80 Å². The fourth-order valence-electron chi connectivity index (χ4n) is 4.93. The maximum atomic E-state index is 13.3. The van der Waals surface area contributed by atoms with Crippen LogP contribution in [0.15, 0.2) is 78.9 Å². The van der Waals surface area contributed by atoms with Gasteiger partial charge in [0.1, 0.15) is 0 Å². The first-order valence-corrected chi connectivity index (χ1v) is 10.9. The summed E-state index contributed by atoms with van der Waals surface area (Å²) in [5.41, 5.74) is 3.80. The Hall–Kier alpha value is -2.86. The van der Waals surface area contributed by atoms with Crippen LogP contribution in [0, 0.1) is 0 Å². The number of aliphatic hydroxyl groups excluding tert-OH is 1. The second-order valence-corrected chi connectivity index (χ2v) is 8.49. The van der Waals surface area contributed by atoms with Crippen molar-refractivity contribution in [2.45, 2.75) is 24.5 Å². The van der Waals surface area contributed by atoms with Crippen molar-refractivity contribution in [2.24, 2.45) is 0 Å². The second-order valence-electron chi connectivity index (χ2n) is 8.08.